The smallest absolute Gasteiger partial charge is 0.229 e. The van der Waals surface area contributed by atoms with E-state index in [0.29, 0.717) is 10.9 Å². The highest BCUT2D eigenvalue weighted by atomic mass is 32.1. The lowest BCUT2D eigenvalue weighted by Crippen LogP contribution is -2.37. The fraction of sp³-hybridized carbons (Fsp3) is 0.429. The van der Waals surface area contributed by atoms with Crippen LogP contribution < -0.4 is 15.4 Å². The molecule has 2 rings (SSSR count). The number of ether oxygens (including phenoxy) is 1. The van der Waals surface area contributed by atoms with Gasteiger partial charge in [0.05, 0.1) is 12.8 Å². The third kappa shape index (κ3) is 3.67. The summed E-state index contributed by atoms with van der Waals surface area (Å²) in [5.74, 6) is 0.822. The number of para-hydroxylation sites is 2. The molecule has 102 valence electrons. The predicted octanol–water partition coefficient (Wildman–Crippen LogP) is 2.70. The van der Waals surface area contributed by atoms with Crippen molar-refractivity contribution >= 4 is 28.9 Å². The molecule has 2 N–H and O–H groups in total. The number of amides is 1. The first kappa shape index (κ1) is 13.8. The lowest BCUT2D eigenvalue weighted by molar-refractivity contribution is -0.123. The molecule has 0 saturated heterocycles. The van der Waals surface area contributed by atoms with Gasteiger partial charge in [0, 0.05) is 5.92 Å². The first-order valence-electron chi connectivity index (χ1n) is 6.45. The van der Waals surface area contributed by atoms with Crippen LogP contribution in [0.15, 0.2) is 24.3 Å². The summed E-state index contributed by atoms with van der Waals surface area (Å²) in [6.07, 6.45) is 4.18. The predicted molar refractivity (Wildman–Crippen MR) is 79.3 cm³/mol. The van der Waals surface area contributed by atoms with Crippen molar-refractivity contribution in [1.82, 2.24) is 5.32 Å². The maximum absolute atomic E-state index is 11.9. The Morgan fingerprint density at radius 1 is 1.32 bits per heavy atom. The van der Waals surface area contributed by atoms with E-state index < -0.39 is 0 Å². The number of carbonyl (C=O) groups is 1. The summed E-state index contributed by atoms with van der Waals surface area (Å²) in [5.41, 5.74) is 0.752. The number of benzene rings is 1. The molecule has 4 nitrogen and oxygen atoms in total. The van der Waals surface area contributed by atoms with E-state index in [9.17, 15) is 4.79 Å². The molecule has 0 radical (unpaired) electrons. The summed E-state index contributed by atoms with van der Waals surface area (Å²) in [6, 6.07) is 7.45. The van der Waals surface area contributed by atoms with Crippen LogP contribution in [0.5, 0.6) is 5.75 Å². The van der Waals surface area contributed by atoms with E-state index in [1.54, 1.807) is 7.11 Å². The lowest BCUT2D eigenvalue weighted by Gasteiger charge is -2.14. The van der Waals surface area contributed by atoms with Crippen molar-refractivity contribution in [3.63, 3.8) is 0 Å². The summed E-state index contributed by atoms with van der Waals surface area (Å²) in [6.45, 7) is 0. The Balaban J connectivity index is 1.91. The molecule has 1 aromatic rings. The van der Waals surface area contributed by atoms with Gasteiger partial charge < -0.3 is 15.4 Å². The minimum atomic E-state index is 0.0184. The molecule has 5 heteroatoms. The number of thiocarbonyl (C=S) groups is 1. The molecule has 1 amide bonds. The lowest BCUT2D eigenvalue weighted by atomic mass is 10.1. The Morgan fingerprint density at radius 2 is 2.00 bits per heavy atom. The van der Waals surface area contributed by atoms with Crippen molar-refractivity contribution < 1.29 is 9.53 Å². The van der Waals surface area contributed by atoms with E-state index in [4.69, 9.17) is 17.0 Å². The minimum Gasteiger partial charge on any atom is -0.495 e. The average molecular weight is 278 g/mol. The highest BCUT2D eigenvalue weighted by molar-refractivity contribution is 7.80. The van der Waals surface area contributed by atoms with Gasteiger partial charge in [-0.25, -0.2) is 0 Å². The van der Waals surface area contributed by atoms with Gasteiger partial charge in [-0.1, -0.05) is 25.0 Å². The molecule has 1 fully saturated rings. The number of methoxy groups -OCH3 is 1. The highest BCUT2D eigenvalue weighted by Gasteiger charge is 2.23. The maximum atomic E-state index is 11.9. The van der Waals surface area contributed by atoms with E-state index in [2.05, 4.69) is 10.6 Å². The van der Waals surface area contributed by atoms with Crippen LogP contribution in [-0.2, 0) is 4.79 Å². The first-order chi connectivity index (χ1) is 9.20. The van der Waals surface area contributed by atoms with Gasteiger partial charge in [-0.2, -0.15) is 0 Å². The maximum Gasteiger partial charge on any atom is 0.229 e. The van der Waals surface area contributed by atoms with E-state index in [1.165, 1.54) is 0 Å². The molecular formula is C14H18N2O2S. The van der Waals surface area contributed by atoms with Crippen molar-refractivity contribution in [2.24, 2.45) is 5.92 Å². The van der Waals surface area contributed by atoms with E-state index >= 15 is 0 Å². The highest BCUT2D eigenvalue weighted by Crippen LogP contribution is 2.25. The Bertz CT molecular complexity index is 470. The molecule has 1 aliphatic carbocycles. The van der Waals surface area contributed by atoms with Crippen LogP contribution in [0.3, 0.4) is 0 Å². The van der Waals surface area contributed by atoms with Crippen LogP contribution in [0.25, 0.3) is 0 Å². The quantitative estimate of drug-likeness (QED) is 0.835. The van der Waals surface area contributed by atoms with Crippen molar-refractivity contribution in [2.75, 3.05) is 12.4 Å². The van der Waals surface area contributed by atoms with Gasteiger partial charge >= 0.3 is 0 Å². The van der Waals surface area contributed by atoms with Crippen molar-refractivity contribution in [3.8, 4) is 5.75 Å². The second-order valence-electron chi connectivity index (χ2n) is 4.63. The number of carbonyl (C=O) groups excluding carboxylic acids is 1. The van der Waals surface area contributed by atoms with Gasteiger partial charge in [0.1, 0.15) is 5.75 Å². The van der Waals surface area contributed by atoms with Crippen LogP contribution in [0.1, 0.15) is 25.7 Å². The van der Waals surface area contributed by atoms with E-state index in [1.807, 2.05) is 24.3 Å². The number of nitrogens with one attached hydrogen (secondary N) is 2. The normalized spacial score (nSPS) is 15.0. The summed E-state index contributed by atoms with van der Waals surface area (Å²) in [7, 11) is 1.60. The SMILES string of the molecule is COc1ccccc1NC(=S)NC(=O)C1CCCC1. The first-order valence-corrected chi connectivity index (χ1v) is 6.86. The van der Waals surface area contributed by atoms with Gasteiger partial charge in [0.15, 0.2) is 5.11 Å². The fourth-order valence-corrected chi connectivity index (χ4v) is 2.51. The van der Waals surface area contributed by atoms with Crippen molar-refractivity contribution in [1.29, 1.82) is 0 Å². The number of rotatable bonds is 3. The summed E-state index contributed by atoms with van der Waals surface area (Å²) < 4.78 is 5.22. The van der Waals surface area contributed by atoms with E-state index in [-0.39, 0.29) is 11.8 Å². The van der Waals surface area contributed by atoms with Crippen LogP contribution in [0.4, 0.5) is 5.69 Å². The molecule has 0 atom stereocenters. The minimum absolute atomic E-state index is 0.0184. The van der Waals surface area contributed by atoms with Gasteiger partial charge in [-0.3, -0.25) is 4.79 Å². The van der Waals surface area contributed by atoms with Crippen LogP contribution in [0, 0.1) is 5.92 Å². The third-order valence-corrected chi connectivity index (χ3v) is 3.52. The fourth-order valence-electron chi connectivity index (χ4n) is 2.30. The van der Waals surface area contributed by atoms with Crippen LogP contribution in [0.2, 0.25) is 0 Å². The molecule has 1 saturated carbocycles. The second kappa shape index (κ2) is 6.52. The zero-order valence-electron chi connectivity index (χ0n) is 10.9. The standard InChI is InChI=1S/C14H18N2O2S/c1-18-12-9-5-4-8-11(12)15-14(19)16-13(17)10-6-2-3-7-10/h4-5,8-10H,2-3,6-7H2,1H3,(H2,15,16,17,19). The number of hydrogen-bond donors (Lipinski definition) is 2. The molecule has 1 aromatic carbocycles. The molecule has 0 aromatic heterocycles. The Hall–Kier alpha value is -1.62. The van der Waals surface area contributed by atoms with Crippen LogP contribution >= 0.6 is 12.2 Å². The van der Waals surface area contributed by atoms with Crippen LogP contribution in [-0.4, -0.2) is 18.1 Å². The van der Waals surface area contributed by atoms with Gasteiger partial charge in [-0.15, -0.1) is 0 Å². The van der Waals surface area contributed by atoms with Gasteiger partial charge in [-0.05, 0) is 37.2 Å². The van der Waals surface area contributed by atoms with Crippen molar-refractivity contribution in [3.05, 3.63) is 24.3 Å². The molecule has 0 spiro atoms. The largest absolute Gasteiger partial charge is 0.495 e. The summed E-state index contributed by atoms with van der Waals surface area (Å²) in [4.78, 5) is 11.9. The number of hydrogen-bond acceptors (Lipinski definition) is 3. The van der Waals surface area contributed by atoms with Crippen molar-refractivity contribution in [2.45, 2.75) is 25.7 Å². The van der Waals surface area contributed by atoms with Gasteiger partial charge in [0.25, 0.3) is 0 Å². The average Bonchev–Trinajstić information content (AvgIpc) is 2.93. The Kier molecular flexibility index (Phi) is 4.74. The molecule has 0 aliphatic heterocycles. The third-order valence-electron chi connectivity index (χ3n) is 3.32. The topological polar surface area (TPSA) is 50.4 Å². The molecular weight excluding hydrogens is 260 g/mol. The molecule has 0 heterocycles. The zero-order valence-corrected chi connectivity index (χ0v) is 11.8. The Labute approximate surface area is 118 Å². The molecule has 0 bridgehead atoms. The summed E-state index contributed by atoms with van der Waals surface area (Å²) in [5, 5.41) is 6.06. The zero-order chi connectivity index (χ0) is 13.7. The Morgan fingerprint density at radius 3 is 2.68 bits per heavy atom. The van der Waals surface area contributed by atoms with E-state index in [0.717, 1.165) is 31.4 Å². The second-order valence-corrected chi connectivity index (χ2v) is 5.03. The molecule has 1 aliphatic rings. The molecule has 0 unspecified atom stereocenters. The molecule has 19 heavy (non-hydrogen) atoms. The monoisotopic (exact) mass is 278 g/mol. The number of anilines is 1. The summed E-state index contributed by atoms with van der Waals surface area (Å²) >= 11 is 5.16. The van der Waals surface area contributed by atoms with Gasteiger partial charge in [0.2, 0.25) is 5.91 Å².